The number of hydrogen-bond donors (Lipinski definition) is 0. The van der Waals surface area contributed by atoms with Crippen molar-refractivity contribution < 1.29 is 0 Å². The number of rotatable bonds is 4. The van der Waals surface area contributed by atoms with Gasteiger partial charge in [0.2, 0.25) is 0 Å². The fraction of sp³-hybridized carbons (Fsp3) is 1.00. The molecule has 124 valence electrons. The summed E-state index contributed by atoms with van der Waals surface area (Å²) in [7, 11) is 0. The third-order valence-electron chi connectivity index (χ3n) is 7.39. The Morgan fingerprint density at radius 3 is 1.76 bits per heavy atom. The molecule has 0 heterocycles. The summed E-state index contributed by atoms with van der Waals surface area (Å²) in [5, 5.41) is 0. The van der Waals surface area contributed by atoms with Crippen LogP contribution in [0.3, 0.4) is 0 Å². The summed E-state index contributed by atoms with van der Waals surface area (Å²) >= 11 is 0. The smallest absolute Gasteiger partial charge is 0.0243 e. The van der Waals surface area contributed by atoms with Crippen LogP contribution in [-0.4, -0.2) is 0 Å². The van der Waals surface area contributed by atoms with E-state index in [4.69, 9.17) is 0 Å². The van der Waals surface area contributed by atoms with Gasteiger partial charge in [-0.3, -0.25) is 0 Å². The molecule has 2 saturated carbocycles. The molecule has 0 bridgehead atoms. The molecule has 3 unspecified atom stereocenters. The molecule has 2 rings (SSSR count). The highest BCUT2D eigenvalue weighted by molar-refractivity contribution is 4.98. The van der Waals surface area contributed by atoms with Crippen LogP contribution in [0.25, 0.3) is 0 Å². The lowest BCUT2D eigenvalue weighted by molar-refractivity contribution is -0.0470. The molecule has 0 aromatic carbocycles. The molecule has 0 N–H and O–H groups in total. The van der Waals surface area contributed by atoms with Crippen LogP contribution in [0.2, 0.25) is 0 Å². The normalized spacial score (nSPS) is 35.9. The lowest BCUT2D eigenvalue weighted by Crippen LogP contribution is -2.46. The highest BCUT2D eigenvalue weighted by atomic mass is 14.5. The van der Waals surface area contributed by atoms with E-state index >= 15 is 0 Å². The monoisotopic (exact) mass is 292 g/mol. The van der Waals surface area contributed by atoms with Gasteiger partial charge in [-0.05, 0) is 73.0 Å². The first kappa shape index (κ1) is 17.4. The van der Waals surface area contributed by atoms with E-state index < -0.39 is 0 Å². The van der Waals surface area contributed by atoms with Gasteiger partial charge in [-0.1, -0.05) is 60.8 Å². The maximum atomic E-state index is 2.53. The Morgan fingerprint density at radius 2 is 1.29 bits per heavy atom. The van der Waals surface area contributed by atoms with Crippen molar-refractivity contribution in [1.29, 1.82) is 0 Å². The maximum Gasteiger partial charge on any atom is -0.0243 e. The van der Waals surface area contributed by atoms with Crippen LogP contribution in [0.4, 0.5) is 0 Å². The van der Waals surface area contributed by atoms with E-state index in [-0.39, 0.29) is 0 Å². The Hall–Kier alpha value is 0. The first-order valence-electron chi connectivity index (χ1n) is 9.88. The van der Waals surface area contributed by atoms with E-state index in [2.05, 4.69) is 41.5 Å². The topological polar surface area (TPSA) is 0 Å². The summed E-state index contributed by atoms with van der Waals surface area (Å²) in [6, 6.07) is 0. The lowest BCUT2D eigenvalue weighted by atomic mass is 9.51. The molecular formula is C21H40. The van der Waals surface area contributed by atoms with E-state index in [1.165, 1.54) is 51.4 Å². The van der Waals surface area contributed by atoms with Crippen molar-refractivity contribution in [2.45, 2.75) is 92.9 Å². The van der Waals surface area contributed by atoms with Gasteiger partial charge in [-0.15, -0.1) is 0 Å². The Balaban J connectivity index is 2.22. The average Bonchev–Trinajstić information content (AvgIpc) is 2.47. The molecule has 2 aliphatic rings. The van der Waals surface area contributed by atoms with Crippen LogP contribution in [0.15, 0.2) is 0 Å². The second-order valence-electron chi connectivity index (χ2n) is 9.28. The van der Waals surface area contributed by atoms with Gasteiger partial charge in [0.05, 0.1) is 0 Å². The van der Waals surface area contributed by atoms with Crippen LogP contribution < -0.4 is 0 Å². The predicted octanol–water partition coefficient (Wildman–Crippen LogP) is 6.94. The zero-order valence-electron chi connectivity index (χ0n) is 15.6. The molecule has 0 aromatic heterocycles. The van der Waals surface area contributed by atoms with E-state index in [1.54, 1.807) is 0 Å². The molecule has 0 saturated heterocycles. The zero-order chi connectivity index (χ0) is 15.6. The van der Waals surface area contributed by atoms with Crippen LogP contribution in [0.5, 0.6) is 0 Å². The Kier molecular flexibility index (Phi) is 5.83. The fourth-order valence-corrected chi connectivity index (χ4v) is 5.94. The summed E-state index contributed by atoms with van der Waals surface area (Å²) in [6.07, 6.45) is 12.1. The van der Waals surface area contributed by atoms with Gasteiger partial charge >= 0.3 is 0 Å². The largest absolute Gasteiger partial charge is 0.0625 e. The van der Waals surface area contributed by atoms with Gasteiger partial charge in [-0.25, -0.2) is 0 Å². The summed E-state index contributed by atoms with van der Waals surface area (Å²) in [4.78, 5) is 0. The molecule has 0 spiro atoms. The van der Waals surface area contributed by atoms with Crippen LogP contribution in [-0.2, 0) is 0 Å². The fourth-order valence-electron chi connectivity index (χ4n) is 5.94. The SMILES string of the molecule is CC(C)C1CCC(C(C)C)(C2CCCCC2)CC1C(C)C. The average molecular weight is 293 g/mol. The first-order valence-corrected chi connectivity index (χ1v) is 9.88. The summed E-state index contributed by atoms with van der Waals surface area (Å²) < 4.78 is 0. The Bertz CT molecular complexity index is 308. The van der Waals surface area contributed by atoms with Crippen molar-refractivity contribution in [1.82, 2.24) is 0 Å². The van der Waals surface area contributed by atoms with Gasteiger partial charge < -0.3 is 0 Å². The summed E-state index contributed by atoms with van der Waals surface area (Å²) in [5.41, 5.74) is 0.667. The zero-order valence-corrected chi connectivity index (χ0v) is 15.6. The molecule has 3 atom stereocenters. The van der Waals surface area contributed by atoms with Crippen molar-refractivity contribution in [3.05, 3.63) is 0 Å². The molecule has 0 amide bonds. The lowest BCUT2D eigenvalue weighted by Gasteiger charge is -2.54. The van der Waals surface area contributed by atoms with Gasteiger partial charge in [0.15, 0.2) is 0 Å². The van der Waals surface area contributed by atoms with Crippen LogP contribution in [0.1, 0.15) is 92.9 Å². The van der Waals surface area contributed by atoms with Gasteiger partial charge in [0.25, 0.3) is 0 Å². The standard InChI is InChI=1S/C21H40/c1-15(2)19-12-13-21(17(5)6,14-20(19)16(3)4)18-10-8-7-9-11-18/h15-20H,7-14H2,1-6H3. The minimum atomic E-state index is 0.667. The molecule has 0 radical (unpaired) electrons. The van der Waals surface area contributed by atoms with Crippen molar-refractivity contribution in [3.8, 4) is 0 Å². The maximum absolute atomic E-state index is 2.53. The van der Waals surface area contributed by atoms with Gasteiger partial charge in [0, 0.05) is 0 Å². The van der Waals surface area contributed by atoms with Crippen LogP contribution in [0, 0.1) is 40.9 Å². The summed E-state index contributed by atoms with van der Waals surface area (Å²) in [5.74, 6) is 5.56. The van der Waals surface area contributed by atoms with E-state index in [9.17, 15) is 0 Å². The molecule has 0 aromatic rings. The molecular weight excluding hydrogens is 252 g/mol. The molecule has 2 fully saturated rings. The van der Waals surface area contributed by atoms with Crippen molar-refractivity contribution in [2.75, 3.05) is 0 Å². The highest BCUT2D eigenvalue weighted by Gasteiger charge is 2.48. The summed E-state index contributed by atoms with van der Waals surface area (Å²) in [6.45, 7) is 14.9. The van der Waals surface area contributed by atoms with Crippen LogP contribution >= 0.6 is 0 Å². The van der Waals surface area contributed by atoms with Crippen molar-refractivity contribution >= 4 is 0 Å². The second kappa shape index (κ2) is 7.05. The second-order valence-corrected chi connectivity index (χ2v) is 9.28. The predicted molar refractivity (Wildman–Crippen MR) is 94.4 cm³/mol. The van der Waals surface area contributed by atoms with Gasteiger partial charge in [-0.2, -0.15) is 0 Å². The molecule has 0 aliphatic heterocycles. The molecule has 21 heavy (non-hydrogen) atoms. The molecule has 0 heteroatoms. The third kappa shape index (κ3) is 3.50. The Morgan fingerprint density at radius 1 is 0.714 bits per heavy atom. The Labute approximate surface area is 134 Å². The highest BCUT2D eigenvalue weighted by Crippen LogP contribution is 2.57. The quantitative estimate of drug-likeness (QED) is 0.526. The van der Waals surface area contributed by atoms with Gasteiger partial charge in [0.1, 0.15) is 0 Å². The first-order chi connectivity index (χ1) is 9.88. The van der Waals surface area contributed by atoms with Crippen molar-refractivity contribution in [3.63, 3.8) is 0 Å². The third-order valence-corrected chi connectivity index (χ3v) is 7.39. The van der Waals surface area contributed by atoms with E-state index in [0.717, 1.165) is 35.5 Å². The molecule has 2 aliphatic carbocycles. The minimum absolute atomic E-state index is 0.667. The number of hydrogen-bond acceptors (Lipinski definition) is 0. The molecule has 0 nitrogen and oxygen atoms in total. The minimum Gasteiger partial charge on any atom is -0.0625 e. The van der Waals surface area contributed by atoms with Crippen molar-refractivity contribution in [2.24, 2.45) is 40.9 Å². The van der Waals surface area contributed by atoms with E-state index in [1.807, 2.05) is 0 Å². The van der Waals surface area contributed by atoms with E-state index in [0.29, 0.717) is 5.41 Å².